The lowest BCUT2D eigenvalue weighted by Gasteiger charge is -2.09. The van der Waals surface area contributed by atoms with E-state index in [2.05, 4.69) is 0 Å². The van der Waals surface area contributed by atoms with E-state index in [9.17, 15) is 9.90 Å². The smallest absolute Gasteiger partial charge is 0.132 e. The van der Waals surface area contributed by atoms with Crippen LogP contribution in [0.2, 0.25) is 5.02 Å². The standard InChI is InChI=1S/C10H11ClO2/c1-7(12)6-10(13)8-4-2-3-5-9(8)11/h2-5,10,13H,6H2,1H3. The third-order valence-corrected chi connectivity index (χ3v) is 2.09. The van der Waals surface area contributed by atoms with E-state index in [1.54, 1.807) is 24.3 Å². The number of aliphatic hydroxyl groups is 1. The topological polar surface area (TPSA) is 37.3 Å². The maximum atomic E-state index is 10.7. The van der Waals surface area contributed by atoms with Gasteiger partial charge in [-0.25, -0.2) is 0 Å². The number of rotatable bonds is 3. The van der Waals surface area contributed by atoms with Gasteiger partial charge in [-0.05, 0) is 18.6 Å². The molecular weight excluding hydrogens is 188 g/mol. The minimum absolute atomic E-state index is 0.0487. The van der Waals surface area contributed by atoms with Crippen LogP contribution in [0.25, 0.3) is 0 Å². The zero-order valence-corrected chi connectivity index (χ0v) is 8.08. The number of Topliss-reactive ketones (excluding diaryl/α,β-unsaturated/α-hetero) is 1. The van der Waals surface area contributed by atoms with E-state index in [0.717, 1.165) is 0 Å². The highest BCUT2D eigenvalue weighted by Gasteiger charge is 2.12. The summed E-state index contributed by atoms with van der Waals surface area (Å²) in [4.78, 5) is 10.7. The molecule has 0 bridgehead atoms. The SMILES string of the molecule is CC(=O)CC(O)c1ccccc1Cl. The molecule has 1 unspecified atom stereocenters. The molecule has 0 saturated heterocycles. The molecule has 13 heavy (non-hydrogen) atoms. The van der Waals surface area contributed by atoms with Gasteiger partial charge < -0.3 is 5.11 Å². The number of hydrogen-bond donors (Lipinski definition) is 1. The van der Waals surface area contributed by atoms with Gasteiger partial charge in [0.15, 0.2) is 0 Å². The molecule has 2 nitrogen and oxygen atoms in total. The van der Waals surface area contributed by atoms with Crippen molar-refractivity contribution in [2.45, 2.75) is 19.4 Å². The van der Waals surface area contributed by atoms with Crippen molar-refractivity contribution >= 4 is 17.4 Å². The molecule has 0 aliphatic carbocycles. The lowest BCUT2D eigenvalue weighted by molar-refractivity contribution is -0.118. The Kier molecular flexibility index (Phi) is 3.46. The highest BCUT2D eigenvalue weighted by Crippen LogP contribution is 2.24. The molecule has 3 heteroatoms. The second-order valence-corrected chi connectivity index (χ2v) is 3.35. The molecule has 1 rings (SSSR count). The Hall–Kier alpha value is -0.860. The molecule has 0 saturated carbocycles. The second kappa shape index (κ2) is 4.40. The number of aliphatic hydroxyl groups excluding tert-OH is 1. The Balaban J connectivity index is 2.82. The van der Waals surface area contributed by atoms with E-state index in [1.807, 2.05) is 0 Å². The van der Waals surface area contributed by atoms with Crippen LogP contribution in [-0.4, -0.2) is 10.9 Å². The summed E-state index contributed by atoms with van der Waals surface area (Å²) >= 11 is 5.83. The first-order chi connectivity index (χ1) is 6.11. The summed E-state index contributed by atoms with van der Waals surface area (Å²) in [6.07, 6.45) is -0.671. The first kappa shape index (κ1) is 10.2. The molecule has 1 aromatic rings. The lowest BCUT2D eigenvalue weighted by Crippen LogP contribution is -2.03. The van der Waals surface area contributed by atoms with E-state index < -0.39 is 6.10 Å². The molecule has 0 aliphatic heterocycles. The van der Waals surface area contributed by atoms with Gasteiger partial charge in [-0.15, -0.1) is 0 Å². The highest BCUT2D eigenvalue weighted by atomic mass is 35.5. The number of halogens is 1. The fraction of sp³-hybridized carbons (Fsp3) is 0.300. The molecule has 0 radical (unpaired) electrons. The minimum atomic E-state index is -0.786. The third-order valence-electron chi connectivity index (χ3n) is 1.75. The zero-order chi connectivity index (χ0) is 9.84. The van der Waals surface area contributed by atoms with Gasteiger partial charge in [0.25, 0.3) is 0 Å². The van der Waals surface area contributed by atoms with Gasteiger partial charge in [0.2, 0.25) is 0 Å². The Morgan fingerprint density at radius 1 is 1.54 bits per heavy atom. The Labute approximate surface area is 82.2 Å². The van der Waals surface area contributed by atoms with E-state index in [1.165, 1.54) is 6.92 Å². The van der Waals surface area contributed by atoms with E-state index >= 15 is 0 Å². The van der Waals surface area contributed by atoms with Crippen LogP contribution in [-0.2, 0) is 4.79 Å². The molecule has 0 aliphatic rings. The average Bonchev–Trinajstić information content (AvgIpc) is 2.03. The molecular formula is C10H11ClO2. The summed E-state index contributed by atoms with van der Waals surface area (Å²) < 4.78 is 0. The third kappa shape index (κ3) is 2.83. The van der Waals surface area contributed by atoms with Gasteiger partial charge >= 0.3 is 0 Å². The molecule has 0 heterocycles. The number of carbonyl (C=O) groups excluding carboxylic acids is 1. The first-order valence-corrected chi connectivity index (χ1v) is 4.41. The van der Waals surface area contributed by atoms with Crippen LogP contribution in [0.1, 0.15) is 25.0 Å². The number of ketones is 1. The van der Waals surface area contributed by atoms with Crippen molar-refractivity contribution in [3.8, 4) is 0 Å². The summed E-state index contributed by atoms with van der Waals surface area (Å²) in [6.45, 7) is 1.44. The van der Waals surface area contributed by atoms with Crippen molar-refractivity contribution in [1.29, 1.82) is 0 Å². The Morgan fingerprint density at radius 3 is 2.69 bits per heavy atom. The minimum Gasteiger partial charge on any atom is -0.388 e. The van der Waals surface area contributed by atoms with Crippen LogP contribution in [0.5, 0.6) is 0 Å². The van der Waals surface area contributed by atoms with Crippen LogP contribution < -0.4 is 0 Å². The summed E-state index contributed by atoms with van der Waals surface area (Å²) in [6, 6.07) is 6.98. The molecule has 1 N–H and O–H groups in total. The normalized spacial score (nSPS) is 12.5. The van der Waals surface area contributed by atoms with Crippen molar-refractivity contribution in [3.05, 3.63) is 34.9 Å². The van der Waals surface area contributed by atoms with Crippen LogP contribution in [0, 0.1) is 0 Å². The van der Waals surface area contributed by atoms with Gasteiger partial charge in [-0.2, -0.15) is 0 Å². The monoisotopic (exact) mass is 198 g/mol. The van der Waals surface area contributed by atoms with E-state index in [0.29, 0.717) is 10.6 Å². The quantitative estimate of drug-likeness (QED) is 0.810. The number of hydrogen-bond acceptors (Lipinski definition) is 2. The summed E-state index contributed by atoms with van der Waals surface area (Å²) in [5.41, 5.74) is 0.611. The van der Waals surface area contributed by atoms with Crippen LogP contribution >= 0.6 is 11.6 Å². The van der Waals surface area contributed by atoms with Gasteiger partial charge in [0.1, 0.15) is 5.78 Å². The van der Waals surface area contributed by atoms with Gasteiger partial charge in [-0.3, -0.25) is 4.79 Å². The van der Waals surface area contributed by atoms with Crippen molar-refractivity contribution in [3.63, 3.8) is 0 Å². The largest absolute Gasteiger partial charge is 0.388 e. The molecule has 1 aromatic carbocycles. The van der Waals surface area contributed by atoms with Gasteiger partial charge in [0, 0.05) is 11.4 Å². The second-order valence-electron chi connectivity index (χ2n) is 2.94. The molecule has 0 fully saturated rings. The Morgan fingerprint density at radius 2 is 2.15 bits per heavy atom. The maximum Gasteiger partial charge on any atom is 0.132 e. The van der Waals surface area contributed by atoms with E-state index in [4.69, 9.17) is 11.6 Å². The molecule has 0 aromatic heterocycles. The van der Waals surface area contributed by atoms with Crippen molar-refractivity contribution in [2.24, 2.45) is 0 Å². The van der Waals surface area contributed by atoms with Gasteiger partial charge in [0.05, 0.1) is 6.10 Å². The summed E-state index contributed by atoms with van der Waals surface area (Å²) in [7, 11) is 0. The van der Waals surface area contributed by atoms with Crippen molar-refractivity contribution < 1.29 is 9.90 Å². The summed E-state index contributed by atoms with van der Waals surface area (Å²) in [5, 5.41) is 10.1. The lowest BCUT2D eigenvalue weighted by atomic mass is 10.1. The first-order valence-electron chi connectivity index (χ1n) is 4.03. The Bertz CT molecular complexity index is 310. The average molecular weight is 199 g/mol. The van der Waals surface area contributed by atoms with Crippen molar-refractivity contribution in [2.75, 3.05) is 0 Å². The molecule has 1 atom stereocenters. The summed E-state index contributed by atoms with van der Waals surface area (Å²) in [5.74, 6) is -0.0487. The van der Waals surface area contributed by atoms with E-state index in [-0.39, 0.29) is 12.2 Å². The van der Waals surface area contributed by atoms with Crippen LogP contribution in [0.15, 0.2) is 24.3 Å². The maximum absolute atomic E-state index is 10.7. The number of carbonyl (C=O) groups is 1. The molecule has 0 spiro atoms. The number of benzene rings is 1. The zero-order valence-electron chi connectivity index (χ0n) is 7.33. The van der Waals surface area contributed by atoms with Crippen molar-refractivity contribution in [1.82, 2.24) is 0 Å². The fourth-order valence-corrected chi connectivity index (χ4v) is 1.39. The molecule has 70 valence electrons. The molecule has 0 amide bonds. The van der Waals surface area contributed by atoms with Crippen LogP contribution in [0.3, 0.4) is 0 Å². The highest BCUT2D eigenvalue weighted by molar-refractivity contribution is 6.31. The van der Waals surface area contributed by atoms with Crippen LogP contribution in [0.4, 0.5) is 0 Å². The fourth-order valence-electron chi connectivity index (χ4n) is 1.13. The predicted molar refractivity (Wildman–Crippen MR) is 51.7 cm³/mol. The predicted octanol–water partition coefficient (Wildman–Crippen LogP) is 2.35. The van der Waals surface area contributed by atoms with Gasteiger partial charge in [-0.1, -0.05) is 29.8 Å².